The highest BCUT2D eigenvalue weighted by atomic mass is 32.2. The molecule has 0 spiro atoms. The minimum Gasteiger partial charge on any atom is -0.338 e. The van der Waals surface area contributed by atoms with Gasteiger partial charge in [0.15, 0.2) is 16.8 Å². The minimum absolute atomic E-state index is 0.0563. The SMILES string of the molecule is CCCCc1noc(C(C)Sc2nnc(-c3cccs3)n2C2CC2)n1. The Morgan fingerprint density at radius 2 is 2.28 bits per heavy atom. The van der Waals surface area contributed by atoms with Crippen LogP contribution in [-0.4, -0.2) is 24.9 Å². The lowest BCUT2D eigenvalue weighted by molar-refractivity contribution is 0.374. The van der Waals surface area contributed by atoms with Crippen molar-refractivity contribution in [1.29, 1.82) is 0 Å². The Labute approximate surface area is 155 Å². The quantitative estimate of drug-likeness (QED) is 0.520. The molecule has 0 aliphatic heterocycles. The highest BCUT2D eigenvalue weighted by Crippen LogP contribution is 2.44. The van der Waals surface area contributed by atoms with E-state index in [2.05, 4.69) is 56.3 Å². The molecule has 0 amide bonds. The third-order valence-electron chi connectivity index (χ3n) is 4.19. The maximum atomic E-state index is 5.45. The first-order valence-electron chi connectivity index (χ1n) is 8.74. The molecule has 1 aliphatic rings. The van der Waals surface area contributed by atoms with Crippen molar-refractivity contribution in [1.82, 2.24) is 24.9 Å². The second-order valence-electron chi connectivity index (χ2n) is 6.30. The predicted molar refractivity (Wildman–Crippen MR) is 98.8 cm³/mol. The molecule has 132 valence electrons. The van der Waals surface area contributed by atoms with E-state index in [0.29, 0.717) is 11.9 Å². The normalized spacial score (nSPS) is 15.6. The van der Waals surface area contributed by atoms with Crippen LogP contribution in [-0.2, 0) is 6.42 Å². The zero-order valence-electron chi connectivity index (χ0n) is 14.4. The van der Waals surface area contributed by atoms with E-state index < -0.39 is 0 Å². The molecule has 8 heteroatoms. The van der Waals surface area contributed by atoms with Crippen LogP contribution in [0.3, 0.4) is 0 Å². The molecule has 3 aromatic rings. The van der Waals surface area contributed by atoms with E-state index in [4.69, 9.17) is 4.52 Å². The van der Waals surface area contributed by atoms with Crippen molar-refractivity contribution in [3.05, 3.63) is 29.2 Å². The van der Waals surface area contributed by atoms with E-state index in [9.17, 15) is 0 Å². The van der Waals surface area contributed by atoms with Crippen molar-refractivity contribution in [3.63, 3.8) is 0 Å². The smallest absolute Gasteiger partial charge is 0.239 e. The first-order chi connectivity index (χ1) is 12.3. The van der Waals surface area contributed by atoms with Gasteiger partial charge in [-0.3, -0.25) is 4.57 Å². The molecule has 0 radical (unpaired) electrons. The van der Waals surface area contributed by atoms with Crippen molar-refractivity contribution in [3.8, 4) is 10.7 Å². The number of rotatable bonds is 8. The molecule has 1 atom stereocenters. The molecule has 3 aromatic heterocycles. The van der Waals surface area contributed by atoms with Crippen molar-refractivity contribution in [2.24, 2.45) is 0 Å². The Hall–Kier alpha value is -1.67. The van der Waals surface area contributed by atoms with Crippen molar-refractivity contribution in [2.45, 2.75) is 62.4 Å². The monoisotopic (exact) mass is 375 g/mol. The Balaban J connectivity index is 1.53. The van der Waals surface area contributed by atoms with E-state index in [-0.39, 0.29) is 5.25 Å². The summed E-state index contributed by atoms with van der Waals surface area (Å²) < 4.78 is 7.73. The van der Waals surface area contributed by atoms with Gasteiger partial charge < -0.3 is 4.52 Å². The second-order valence-corrected chi connectivity index (χ2v) is 8.55. The van der Waals surface area contributed by atoms with Crippen molar-refractivity contribution in [2.75, 3.05) is 0 Å². The topological polar surface area (TPSA) is 69.6 Å². The van der Waals surface area contributed by atoms with Crippen LogP contribution in [0.2, 0.25) is 0 Å². The van der Waals surface area contributed by atoms with Crippen molar-refractivity contribution < 1.29 is 4.52 Å². The number of nitrogens with zero attached hydrogens (tertiary/aromatic N) is 5. The highest BCUT2D eigenvalue weighted by Gasteiger charge is 2.31. The second kappa shape index (κ2) is 7.29. The van der Waals surface area contributed by atoms with E-state index >= 15 is 0 Å². The summed E-state index contributed by atoms with van der Waals surface area (Å²) in [5.74, 6) is 2.44. The summed E-state index contributed by atoms with van der Waals surface area (Å²) in [5, 5.41) is 16.1. The molecule has 0 bridgehead atoms. The summed E-state index contributed by atoms with van der Waals surface area (Å²) in [4.78, 5) is 5.70. The lowest BCUT2D eigenvalue weighted by Crippen LogP contribution is -2.00. The van der Waals surface area contributed by atoms with E-state index in [1.807, 2.05) is 0 Å². The van der Waals surface area contributed by atoms with Gasteiger partial charge in [-0.2, -0.15) is 4.98 Å². The Morgan fingerprint density at radius 1 is 1.40 bits per heavy atom. The number of unbranched alkanes of at least 4 members (excludes halogenated alkanes) is 1. The molecule has 1 saturated carbocycles. The van der Waals surface area contributed by atoms with Gasteiger partial charge in [0.05, 0.1) is 10.1 Å². The average molecular weight is 376 g/mol. The summed E-state index contributed by atoms with van der Waals surface area (Å²) in [6.07, 6.45) is 5.48. The predicted octanol–water partition coefficient (Wildman–Crippen LogP) is 4.92. The molecule has 1 unspecified atom stereocenters. The van der Waals surface area contributed by atoms with Crippen LogP contribution in [0.25, 0.3) is 10.7 Å². The van der Waals surface area contributed by atoms with E-state index in [1.165, 1.54) is 17.7 Å². The lowest BCUT2D eigenvalue weighted by atomic mass is 10.2. The Kier molecular flexibility index (Phi) is 4.89. The zero-order valence-corrected chi connectivity index (χ0v) is 16.0. The van der Waals surface area contributed by atoms with Gasteiger partial charge in [0, 0.05) is 12.5 Å². The third-order valence-corrected chi connectivity index (χ3v) is 6.10. The van der Waals surface area contributed by atoms with Gasteiger partial charge in [0.25, 0.3) is 0 Å². The van der Waals surface area contributed by atoms with Gasteiger partial charge in [-0.25, -0.2) is 0 Å². The van der Waals surface area contributed by atoms with Crippen LogP contribution < -0.4 is 0 Å². The van der Waals surface area contributed by atoms with Gasteiger partial charge in [-0.05, 0) is 37.6 Å². The Morgan fingerprint density at radius 3 is 3.00 bits per heavy atom. The molecule has 3 heterocycles. The van der Waals surface area contributed by atoms with Crippen LogP contribution in [0, 0.1) is 0 Å². The molecular formula is C17H21N5OS2. The van der Waals surface area contributed by atoms with Gasteiger partial charge in [-0.15, -0.1) is 21.5 Å². The standard InChI is InChI=1S/C17H21N5OS2/c1-3-4-7-14-18-16(23-21-14)11(2)25-17-20-19-15(13-6-5-10-24-13)22(17)12-8-9-12/h5-6,10-12H,3-4,7-9H2,1-2H3. The fourth-order valence-corrected chi connectivity index (χ4v) is 4.33. The number of aryl methyl sites for hydroxylation is 1. The van der Waals surface area contributed by atoms with Crippen LogP contribution in [0.15, 0.2) is 27.2 Å². The fourth-order valence-electron chi connectivity index (χ4n) is 2.67. The van der Waals surface area contributed by atoms with Crippen LogP contribution in [0.4, 0.5) is 0 Å². The number of aromatic nitrogens is 5. The molecule has 25 heavy (non-hydrogen) atoms. The highest BCUT2D eigenvalue weighted by molar-refractivity contribution is 7.99. The summed E-state index contributed by atoms with van der Waals surface area (Å²) >= 11 is 3.35. The van der Waals surface area contributed by atoms with E-state index in [1.54, 1.807) is 23.1 Å². The molecule has 0 aromatic carbocycles. The summed E-state index contributed by atoms with van der Waals surface area (Å²) in [6.45, 7) is 4.24. The maximum absolute atomic E-state index is 5.45. The number of hydrogen-bond acceptors (Lipinski definition) is 7. The van der Waals surface area contributed by atoms with E-state index in [0.717, 1.165) is 36.1 Å². The van der Waals surface area contributed by atoms with Gasteiger partial charge in [0.2, 0.25) is 5.89 Å². The van der Waals surface area contributed by atoms with Crippen LogP contribution >= 0.6 is 23.1 Å². The first kappa shape index (κ1) is 16.8. The summed E-state index contributed by atoms with van der Waals surface area (Å²) in [5.41, 5.74) is 0. The molecule has 1 aliphatic carbocycles. The van der Waals surface area contributed by atoms with Gasteiger partial charge in [0.1, 0.15) is 0 Å². The summed E-state index contributed by atoms with van der Waals surface area (Å²) in [6, 6.07) is 4.67. The molecule has 0 saturated heterocycles. The Bertz CT molecular complexity index is 822. The number of hydrogen-bond donors (Lipinski definition) is 0. The molecular weight excluding hydrogens is 354 g/mol. The van der Waals surface area contributed by atoms with Gasteiger partial charge in [-0.1, -0.05) is 36.3 Å². The minimum atomic E-state index is 0.0563. The third kappa shape index (κ3) is 3.64. The molecule has 0 N–H and O–H groups in total. The number of thiophene rings is 1. The molecule has 6 nitrogen and oxygen atoms in total. The summed E-state index contributed by atoms with van der Waals surface area (Å²) in [7, 11) is 0. The van der Waals surface area contributed by atoms with Gasteiger partial charge >= 0.3 is 0 Å². The fraction of sp³-hybridized carbons (Fsp3) is 0.529. The maximum Gasteiger partial charge on any atom is 0.239 e. The first-order valence-corrected chi connectivity index (χ1v) is 10.5. The van der Waals surface area contributed by atoms with Crippen molar-refractivity contribution >= 4 is 23.1 Å². The number of thioether (sulfide) groups is 1. The molecule has 4 rings (SSSR count). The van der Waals surface area contributed by atoms with Crippen LogP contribution in [0.1, 0.15) is 62.5 Å². The average Bonchev–Trinajstić information content (AvgIpc) is 3.06. The van der Waals surface area contributed by atoms with Crippen LogP contribution in [0.5, 0.6) is 0 Å². The molecule has 1 fully saturated rings. The lowest BCUT2D eigenvalue weighted by Gasteiger charge is -2.09. The largest absolute Gasteiger partial charge is 0.338 e. The zero-order chi connectivity index (χ0) is 17.2.